The van der Waals surface area contributed by atoms with Crippen LogP contribution >= 0.6 is 12.4 Å². The van der Waals surface area contributed by atoms with E-state index in [4.69, 9.17) is 0 Å². The zero-order valence-corrected chi connectivity index (χ0v) is 17.2. The lowest BCUT2D eigenvalue weighted by Crippen LogP contribution is -2.48. The molecule has 1 aromatic carbocycles. The van der Waals surface area contributed by atoms with E-state index in [0.29, 0.717) is 12.5 Å². The number of rotatable bonds is 4. The number of nitrogens with one attached hydrogen (secondary N) is 1. The summed E-state index contributed by atoms with van der Waals surface area (Å²) in [7, 11) is 1.53. The third-order valence-corrected chi connectivity index (χ3v) is 5.84. The lowest BCUT2D eigenvalue weighted by molar-refractivity contribution is 0.0672. The smallest absolute Gasteiger partial charge is 0.274 e. The molecule has 31 heavy (non-hydrogen) atoms. The number of fused-ring (bicyclic) bond motifs is 2. The van der Waals surface area contributed by atoms with E-state index in [9.17, 15) is 33.4 Å². The van der Waals surface area contributed by atoms with Crippen LogP contribution in [0.3, 0.4) is 0 Å². The largest absolute Gasteiger partial charge is 0.503 e. The molecule has 166 valence electrons. The first kappa shape index (κ1) is 22.7. The molecule has 0 bridgehead atoms. The molecule has 8 nitrogen and oxygen atoms in total. The fraction of sp³-hybridized carbons (Fsp3) is 0.350. The van der Waals surface area contributed by atoms with Crippen LogP contribution in [-0.2, 0) is 12.1 Å². The molecule has 0 saturated heterocycles. The van der Waals surface area contributed by atoms with Crippen molar-refractivity contribution in [2.45, 2.75) is 18.5 Å². The van der Waals surface area contributed by atoms with Crippen LogP contribution in [0.1, 0.15) is 32.8 Å². The highest BCUT2D eigenvalue weighted by Crippen LogP contribution is 2.53. The predicted octanol–water partition coefficient (Wildman–Crippen LogP) is 0.977. The second-order valence-electron chi connectivity index (χ2n) is 7.71. The normalized spacial score (nSPS) is 21.5. The van der Waals surface area contributed by atoms with E-state index in [2.05, 4.69) is 5.32 Å². The SMILES string of the molecule is CN1C[C@@]2(C[C@@H]2CO)n2cc(C(=O)NCc3ccc(F)cc3F)c(=O)c(O)c2C1=O.Cl. The summed E-state index contributed by atoms with van der Waals surface area (Å²) < 4.78 is 28.2. The van der Waals surface area contributed by atoms with Crippen LogP contribution < -0.4 is 10.7 Å². The highest BCUT2D eigenvalue weighted by molar-refractivity contribution is 5.99. The standard InChI is InChI=1S/C20H19F2N3O5.ClH/c1-24-9-20(5-11(20)8-26)25-7-13(16(27)17(28)15(25)19(24)30)18(29)23-6-10-2-3-12(21)4-14(10)22;/h2-4,7,11,26,28H,5-6,8-9H2,1H3,(H,23,29);1H/t11-,20-;/m1./s1. The Kier molecular flexibility index (Phi) is 5.81. The molecule has 11 heteroatoms. The Balaban J connectivity index is 0.00000272. The second kappa shape index (κ2) is 7.93. The second-order valence-corrected chi connectivity index (χ2v) is 7.71. The summed E-state index contributed by atoms with van der Waals surface area (Å²) in [4.78, 5) is 39.1. The Hall–Kier alpha value is -2.98. The van der Waals surface area contributed by atoms with Gasteiger partial charge in [0, 0.05) is 50.5 Å². The number of aromatic hydroxyl groups is 1. The molecular weight excluding hydrogens is 436 g/mol. The number of halogens is 3. The van der Waals surface area contributed by atoms with Crippen molar-refractivity contribution in [1.82, 2.24) is 14.8 Å². The lowest BCUT2D eigenvalue weighted by atomic mass is 10.0. The van der Waals surface area contributed by atoms with Gasteiger partial charge in [0.2, 0.25) is 5.43 Å². The monoisotopic (exact) mass is 455 g/mol. The molecule has 2 aromatic rings. The van der Waals surface area contributed by atoms with E-state index >= 15 is 0 Å². The van der Waals surface area contributed by atoms with Crippen molar-refractivity contribution in [2.24, 2.45) is 5.92 Å². The van der Waals surface area contributed by atoms with E-state index < -0.39 is 45.7 Å². The maximum atomic E-state index is 13.8. The van der Waals surface area contributed by atoms with Gasteiger partial charge in [-0.25, -0.2) is 8.78 Å². The molecule has 1 saturated carbocycles. The molecule has 1 aliphatic heterocycles. The van der Waals surface area contributed by atoms with Crippen molar-refractivity contribution in [3.8, 4) is 5.75 Å². The number of carbonyl (C=O) groups excluding carboxylic acids is 2. The Bertz CT molecular complexity index is 1140. The summed E-state index contributed by atoms with van der Waals surface area (Å²) in [5, 5.41) is 22.4. The molecule has 1 aromatic heterocycles. The van der Waals surface area contributed by atoms with Gasteiger partial charge in [0.05, 0.1) is 5.54 Å². The molecule has 1 fully saturated rings. The predicted molar refractivity (Wildman–Crippen MR) is 107 cm³/mol. The Morgan fingerprint density at radius 2 is 2.03 bits per heavy atom. The van der Waals surface area contributed by atoms with Crippen LogP contribution in [0.25, 0.3) is 0 Å². The third-order valence-electron chi connectivity index (χ3n) is 5.84. The molecule has 0 unspecified atom stereocenters. The molecule has 4 rings (SSSR count). The first-order valence-corrected chi connectivity index (χ1v) is 9.27. The highest BCUT2D eigenvalue weighted by atomic mass is 35.5. The van der Waals surface area contributed by atoms with Crippen LogP contribution in [0.5, 0.6) is 5.75 Å². The molecule has 2 heterocycles. The van der Waals surface area contributed by atoms with Gasteiger partial charge in [-0.05, 0) is 12.5 Å². The number of likely N-dealkylation sites (N-methyl/N-ethyl adjacent to an activating group) is 1. The van der Waals surface area contributed by atoms with Crippen molar-refractivity contribution < 1.29 is 28.6 Å². The molecule has 2 aliphatic rings. The van der Waals surface area contributed by atoms with Crippen molar-refractivity contribution in [1.29, 1.82) is 0 Å². The van der Waals surface area contributed by atoms with E-state index in [-0.39, 0.29) is 49.3 Å². The maximum absolute atomic E-state index is 13.8. The van der Waals surface area contributed by atoms with Gasteiger partial charge in [0.1, 0.15) is 17.2 Å². The number of hydrogen-bond acceptors (Lipinski definition) is 5. The first-order valence-electron chi connectivity index (χ1n) is 9.27. The molecule has 1 spiro atoms. The first-order chi connectivity index (χ1) is 14.2. The van der Waals surface area contributed by atoms with Gasteiger partial charge >= 0.3 is 0 Å². The Morgan fingerprint density at radius 3 is 2.65 bits per heavy atom. The number of amides is 2. The quantitative estimate of drug-likeness (QED) is 0.636. The maximum Gasteiger partial charge on any atom is 0.274 e. The fourth-order valence-electron chi connectivity index (χ4n) is 4.08. The molecule has 2 atom stereocenters. The molecular formula is C20H20ClF2N3O5. The van der Waals surface area contributed by atoms with Crippen molar-refractivity contribution in [3.05, 3.63) is 63.1 Å². The minimum absolute atomic E-state index is 0. The topological polar surface area (TPSA) is 112 Å². The van der Waals surface area contributed by atoms with Crippen LogP contribution in [0.15, 0.2) is 29.2 Å². The third kappa shape index (κ3) is 3.55. The molecule has 1 aliphatic carbocycles. The van der Waals surface area contributed by atoms with Crippen LogP contribution in [0.4, 0.5) is 8.78 Å². The van der Waals surface area contributed by atoms with Gasteiger partial charge in [0.25, 0.3) is 11.8 Å². The minimum atomic E-state index is -1.03. The summed E-state index contributed by atoms with van der Waals surface area (Å²) in [6, 6.07) is 2.88. The van der Waals surface area contributed by atoms with Crippen LogP contribution in [0.2, 0.25) is 0 Å². The van der Waals surface area contributed by atoms with E-state index in [1.54, 1.807) is 0 Å². The number of nitrogens with zero attached hydrogens (tertiary/aromatic N) is 2. The van der Waals surface area contributed by atoms with Crippen molar-refractivity contribution >= 4 is 24.2 Å². The number of aromatic nitrogens is 1. The van der Waals surface area contributed by atoms with Crippen molar-refractivity contribution in [2.75, 3.05) is 20.2 Å². The summed E-state index contributed by atoms with van der Waals surface area (Å²) in [6.07, 6.45) is 1.71. The minimum Gasteiger partial charge on any atom is -0.503 e. The highest BCUT2D eigenvalue weighted by Gasteiger charge is 2.59. The molecule has 2 amide bonds. The average molecular weight is 456 g/mol. The Labute approximate surface area is 181 Å². The van der Waals surface area contributed by atoms with E-state index in [0.717, 1.165) is 6.07 Å². The van der Waals surface area contributed by atoms with Gasteiger partial charge < -0.3 is 25.0 Å². The van der Waals surface area contributed by atoms with E-state index in [1.807, 2.05) is 0 Å². The summed E-state index contributed by atoms with van der Waals surface area (Å²) in [5.74, 6) is -4.11. The summed E-state index contributed by atoms with van der Waals surface area (Å²) >= 11 is 0. The number of carbonyl (C=O) groups is 2. The van der Waals surface area contributed by atoms with Gasteiger partial charge in [-0.1, -0.05) is 6.07 Å². The van der Waals surface area contributed by atoms with Crippen molar-refractivity contribution in [3.63, 3.8) is 0 Å². The zero-order valence-electron chi connectivity index (χ0n) is 16.4. The lowest BCUT2D eigenvalue weighted by Gasteiger charge is -2.35. The van der Waals surface area contributed by atoms with Gasteiger partial charge in [0.15, 0.2) is 11.4 Å². The van der Waals surface area contributed by atoms with Gasteiger partial charge in [-0.3, -0.25) is 14.4 Å². The average Bonchev–Trinajstić information content (AvgIpc) is 3.40. The molecule has 3 N–H and O–H groups in total. The van der Waals surface area contributed by atoms with E-state index in [1.165, 1.54) is 28.8 Å². The van der Waals surface area contributed by atoms with Crippen LogP contribution in [0, 0.1) is 17.6 Å². The number of benzene rings is 1. The number of aliphatic hydroxyl groups excluding tert-OH is 1. The number of hydrogen-bond donors (Lipinski definition) is 3. The number of aliphatic hydroxyl groups is 1. The fourth-order valence-corrected chi connectivity index (χ4v) is 4.08. The zero-order chi connectivity index (χ0) is 21.8. The summed E-state index contributed by atoms with van der Waals surface area (Å²) in [6.45, 7) is -0.201. The number of pyridine rings is 1. The van der Waals surface area contributed by atoms with Crippen LogP contribution in [-0.4, -0.2) is 51.7 Å². The Morgan fingerprint density at radius 1 is 1.32 bits per heavy atom. The van der Waals surface area contributed by atoms with Gasteiger partial charge in [-0.2, -0.15) is 0 Å². The molecule has 0 radical (unpaired) electrons. The van der Waals surface area contributed by atoms with Gasteiger partial charge in [-0.15, -0.1) is 12.4 Å². The summed E-state index contributed by atoms with van der Waals surface area (Å²) in [5.41, 5.74) is -2.37.